The number of halogens is 3. The molecule has 0 atom stereocenters. The van der Waals surface area contributed by atoms with E-state index in [0.717, 1.165) is 10.5 Å². The van der Waals surface area contributed by atoms with E-state index in [0.29, 0.717) is 11.6 Å². The van der Waals surface area contributed by atoms with Crippen LogP contribution in [0.4, 0.5) is 14.5 Å². The van der Waals surface area contributed by atoms with Gasteiger partial charge >= 0.3 is 0 Å². The van der Waals surface area contributed by atoms with Crippen molar-refractivity contribution in [3.05, 3.63) is 57.6 Å². The lowest BCUT2D eigenvalue weighted by Crippen LogP contribution is -2.14. The summed E-state index contributed by atoms with van der Waals surface area (Å²) in [6.07, 6.45) is 0. The molecule has 0 radical (unpaired) electrons. The van der Waals surface area contributed by atoms with Gasteiger partial charge in [0.2, 0.25) is 0 Å². The minimum absolute atomic E-state index is 0.0309. The van der Waals surface area contributed by atoms with Crippen LogP contribution in [0.25, 0.3) is 0 Å². The molecule has 0 unspecified atom stereocenters. The lowest BCUT2D eigenvalue weighted by atomic mass is 10.1. The molecule has 0 spiro atoms. The van der Waals surface area contributed by atoms with Gasteiger partial charge in [-0.2, -0.15) is 0 Å². The van der Waals surface area contributed by atoms with Gasteiger partial charge in [0.05, 0.1) is 11.3 Å². The number of nitrogens with one attached hydrogen (secondary N) is 1. The Morgan fingerprint density at radius 1 is 1.24 bits per heavy atom. The fraction of sp³-hybridized carbons (Fsp3) is 0.0714. The second kappa shape index (κ2) is 6.09. The average molecular weight is 357 g/mol. The van der Waals surface area contributed by atoms with Crippen molar-refractivity contribution >= 4 is 27.5 Å². The Kier molecular flexibility index (Phi) is 4.42. The highest BCUT2D eigenvalue weighted by atomic mass is 79.9. The van der Waals surface area contributed by atoms with Gasteiger partial charge in [0, 0.05) is 22.6 Å². The molecular formula is C14H11BrF2N2O2. The van der Waals surface area contributed by atoms with E-state index in [2.05, 4.69) is 21.2 Å². The summed E-state index contributed by atoms with van der Waals surface area (Å²) in [4.78, 5) is 11.0. The number of hydrogen-bond donors (Lipinski definition) is 3. The molecule has 4 nitrogen and oxygen atoms in total. The van der Waals surface area contributed by atoms with E-state index in [1.54, 1.807) is 12.1 Å². The molecule has 110 valence electrons. The number of nitrogens with two attached hydrogens (primary N) is 1. The summed E-state index contributed by atoms with van der Waals surface area (Å²) < 4.78 is 27.7. The quantitative estimate of drug-likeness (QED) is 0.787. The summed E-state index contributed by atoms with van der Waals surface area (Å²) in [7, 11) is 0. The van der Waals surface area contributed by atoms with Crippen LogP contribution in [0.2, 0.25) is 0 Å². The monoisotopic (exact) mass is 356 g/mol. The topological polar surface area (TPSA) is 75.4 Å². The van der Waals surface area contributed by atoms with Crippen LogP contribution >= 0.6 is 15.9 Å². The molecule has 0 aliphatic rings. The third kappa shape index (κ3) is 3.49. The second-order valence-corrected chi connectivity index (χ2v) is 5.22. The Morgan fingerprint density at radius 3 is 2.62 bits per heavy atom. The van der Waals surface area contributed by atoms with Crippen molar-refractivity contribution in [2.24, 2.45) is 5.73 Å². The zero-order chi connectivity index (χ0) is 15.6. The van der Waals surface area contributed by atoms with Gasteiger partial charge in [0.25, 0.3) is 5.91 Å². The normalized spacial score (nSPS) is 10.4. The van der Waals surface area contributed by atoms with Crippen LogP contribution < -0.4 is 11.1 Å². The molecule has 0 fully saturated rings. The van der Waals surface area contributed by atoms with Gasteiger partial charge in [0.15, 0.2) is 0 Å². The van der Waals surface area contributed by atoms with Gasteiger partial charge in [-0.15, -0.1) is 0 Å². The summed E-state index contributed by atoms with van der Waals surface area (Å²) >= 11 is 3.25. The van der Waals surface area contributed by atoms with E-state index >= 15 is 0 Å². The molecule has 0 saturated heterocycles. The van der Waals surface area contributed by atoms with Crippen LogP contribution in [-0.4, -0.2) is 11.0 Å². The molecule has 2 aromatic carbocycles. The Bertz CT molecular complexity index is 708. The number of phenolic OH excluding ortho intramolecular Hbond substituents is 1. The number of aromatic hydroxyl groups is 1. The summed E-state index contributed by atoms with van der Waals surface area (Å²) in [6.45, 7) is 0.0893. The number of phenols is 1. The van der Waals surface area contributed by atoms with Crippen LogP contribution in [0.5, 0.6) is 5.75 Å². The molecule has 0 heterocycles. The van der Waals surface area contributed by atoms with Gasteiger partial charge in [-0.05, 0) is 24.3 Å². The van der Waals surface area contributed by atoms with Gasteiger partial charge < -0.3 is 16.2 Å². The second-order valence-electron chi connectivity index (χ2n) is 4.30. The molecule has 7 heteroatoms. The van der Waals surface area contributed by atoms with Gasteiger partial charge in [-0.3, -0.25) is 4.79 Å². The zero-order valence-electron chi connectivity index (χ0n) is 10.7. The number of hydrogen-bond acceptors (Lipinski definition) is 3. The van der Waals surface area contributed by atoms with Crippen LogP contribution in [0.3, 0.4) is 0 Å². The first-order valence-electron chi connectivity index (χ1n) is 5.88. The lowest BCUT2D eigenvalue weighted by Gasteiger charge is -2.11. The highest BCUT2D eigenvalue weighted by molar-refractivity contribution is 9.10. The SMILES string of the molecule is NC(=O)c1cc(NCc2cc(Br)ccc2O)c(F)cc1F. The lowest BCUT2D eigenvalue weighted by molar-refractivity contribution is 0.0996. The first-order valence-corrected chi connectivity index (χ1v) is 6.68. The summed E-state index contributed by atoms with van der Waals surface area (Å²) in [5.41, 5.74) is 5.03. The minimum Gasteiger partial charge on any atom is -0.508 e. The Balaban J connectivity index is 2.25. The fourth-order valence-corrected chi connectivity index (χ4v) is 2.17. The number of carbonyl (C=O) groups excluding carboxylic acids is 1. The number of carbonyl (C=O) groups is 1. The molecule has 0 aliphatic heterocycles. The highest BCUT2D eigenvalue weighted by Gasteiger charge is 2.14. The molecule has 0 aliphatic carbocycles. The van der Waals surface area contributed by atoms with E-state index in [1.807, 2.05) is 0 Å². The van der Waals surface area contributed by atoms with Gasteiger partial charge in [0.1, 0.15) is 17.4 Å². The third-order valence-electron chi connectivity index (χ3n) is 2.83. The van der Waals surface area contributed by atoms with Gasteiger partial charge in [-0.25, -0.2) is 8.78 Å². The standard InChI is InChI=1S/C14H11BrF2N2O2/c15-8-1-2-13(20)7(3-8)6-19-12-4-9(14(18)21)10(16)5-11(12)17/h1-5,19-20H,6H2,(H2,18,21). The Morgan fingerprint density at radius 2 is 1.95 bits per heavy atom. The predicted octanol–water partition coefficient (Wildman–Crippen LogP) is 3.14. The van der Waals surface area contributed by atoms with Crippen molar-refractivity contribution in [3.8, 4) is 5.75 Å². The minimum atomic E-state index is -1.02. The molecule has 21 heavy (non-hydrogen) atoms. The van der Waals surface area contributed by atoms with Crippen LogP contribution in [0, 0.1) is 11.6 Å². The first kappa shape index (κ1) is 15.2. The van der Waals surface area contributed by atoms with Crippen molar-refractivity contribution in [2.45, 2.75) is 6.54 Å². The number of anilines is 1. The first-order chi connectivity index (χ1) is 9.88. The number of amides is 1. The molecule has 4 N–H and O–H groups in total. The molecule has 0 saturated carbocycles. The van der Waals surface area contributed by atoms with Crippen molar-refractivity contribution in [1.29, 1.82) is 0 Å². The van der Waals surface area contributed by atoms with Crippen LogP contribution in [0.1, 0.15) is 15.9 Å². The predicted molar refractivity (Wildman–Crippen MR) is 78.0 cm³/mol. The van der Waals surface area contributed by atoms with E-state index in [4.69, 9.17) is 5.73 Å². The van der Waals surface area contributed by atoms with Crippen molar-refractivity contribution in [1.82, 2.24) is 0 Å². The molecule has 2 rings (SSSR count). The van der Waals surface area contributed by atoms with E-state index < -0.39 is 23.1 Å². The maximum absolute atomic E-state index is 13.7. The smallest absolute Gasteiger partial charge is 0.251 e. The zero-order valence-corrected chi connectivity index (χ0v) is 12.2. The van der Waals surface area contributed by atoms with Gasteiger partial charge in [-0.1, -0.05) is 15.9 Å². The van der Waals surface area contributed by atoms with Crippen molar-refractivity contribution in [3.63, 3.8) is 0 Å². The maximum Gasteiger partial charge on any atom is 0.251 e. The largest absolute Gasteiger partial charge is 0.508 e. The molecule has 0 aromatic heterocycles. The average Bonchev–Trinajstić information content (AvgIpc) is 2.41. The number of benzene rings is 2. The van der Waals surface area contributed by atoms with Crippen LogP contribution in [0.15, 0.2) is 34.8 Å². The third-order valence-corrected chi connectivity index (χ3v) is 3.33. The molecule has 2 aromatic rings. The van der Waals surface area contributed by atoms with E-state index in [-0.39, 0.29) is 18.0 Å². The van der Waals surface area contributed by atoms with E-state index in [9.17, 15) is 18.7 Å². The fourth-order valence-electron chi connectivity index (χ4n) is 1.76. The Hall–Kier alpha value is -2.15. The van der Waals surface area contributed by atoms with E-state index in [1.165, 1.54) is 6.07 Å². The Labute approximate surface area is 127 Å². The summed E-state index contributed by atoms with van der Waals surface area (Å²) in [6, 6.07) is 6.38. The molecule has 1 amide bonds. The summed E-state index contributed by atoms with van der Waals surface area (Å²) in [5.74, 6) is -2.83. The molecular weight excluding hydrogens is 346 g/mol. The summed E-state index contributed by atoms with van der Waals surface area (Å²) in [5, 5.41) is 12.4. The highest BCUT2D eigenvalue weighted by Crippen LogP contribution is 2.24. The number of primary amides is 1. The van der Waals surface area contributed by atoms with Crippen molar-refractivity contribution in [2.75, 3.05) is 5.32 Å². The number of rotatable bonds is 4. The van der Waals surface area contributed by atoms with Crippen molar-refractivity contribution < 1.29 is 18.7 Å². The maximum atomic E-state index is 13.7. The molecule has 0 bridgehead atoms. The van der Waals surface area contributed by atoms with Crippen LogP contribution in [-0.2, 0) is 6.54 Å².